The number of rotatable bonds is 11. The summed E-state index contributed by atoms with van der Waals surface area (Å²) >= 11 is 8.45. The molecule has 1 aliphatic rings. The van der Waals surface area contributed by atoms with Crippen LogP contribution < -0.4 is 29.1 Å². The molecular weight excluding hydrogens is 724 g/mol. The molecule has 0 amide bonds. The van der Waals surface area contributed by atoms with Gasteiger partial charge in [0.25, 0.3) is 5.56 Å². The Morgan fingerprint density at radius 2 is 1.78 bits per heavy atom. The third-order valence-electron chi connectivity index (χ3n) is 7.15. The van der Waals surface area contributed by atoms with Crippen molar-refractivity contribution in [3.8, 4) is 17.2 Å². The number of allylic oxidation sites excluding steroid dienone is 1. The molecule has 11 heteroatoms. The average molecular weight is 757 g/mol. The fraction of sp³-hybridized carbons (Fsp3) is 0.265. The van der Waals surface area contributed by atoms with E-state index in [2.05, 4.69) is 31.9 Å². The van der Waals surface area contributed by atoms with Crippen LogP contribution in [-0.2, 0) is 16.1 Å². The number of thiazole rings is 1. The van der Waals surface area contributed by atoms with Gasteiger partial charge >= 0.3 is 5.97 Å². The molecule has 45 heavy (non-hydrogen) atoms. The molecule has 0 saturated heterocycles. The van der Waals surface area contributed by atoms with E-state index in [4.69, 9.17) is 23.9 Å². The number of methoxy groups -OCH3 is 2. The first-order valence-electron chi connectivity index (χ1n) is 14.4. The highest BCUT2D eigenvalue weighted by atomic mass is 79.9. The maximum Gasteiger partial charge on any atom is 0.338 e. The van der Waals surface area contributed by atoms with Gasteiger partial charge in [0.1, 0.15) is 18.4 Å². The maximum atomic E-state index is 14.2. The molecule has 1 atom stereocenters. The number of ether oxygens (including phenoxy) is 4. The molecule has 0 bridgehead atoms. The lowest BCUT2D eigenvalue weighted by Gasteiger charge is -2.27. The Labute approximate surface area is 281 Å². The monoisotopic (exact) mass is 754 g/mol. The third kappa shape index (κ3) is 6.95. The van der Waals surface area contributed by atoms with Gasteiger partial charge in [0.2, 0.25) is 0 Å². The average Bonchev–Trinajstić information content (AvgIpc) is 3.34. The van der Waals surface area contributed by atoms with E-state index in [-0.39, 0.29) is 12.2 Å². The molecule has 5 rings (SSSR count). The smallest absolute Gasteiger partial charge is 0.338 e. The van der Waals surface area contributed by atoms with E-state index in [1.165, 1.54) is 11.3 Å². The zero-order valence-corrected chi connectivity index (χ0v) is 29.3. The zero-order chi connectivity index (χ0) is 32.1. The van der Waals surface area contributed by atoms with Gasteiger partial charge in [0.05, 0.1) is 41.1 Å². The predicted octanol–water partition coefficient (Wildman–Crippen LogP) is 6.70. The summed E-state index contributed by atoms with van der Waals surface area (Å²) in [5, 5.41) is 0. The first-order valence-corrected chi connectivity index (χ1v) is 16.8. The number of hydrogen-bond acceptors (Lipinski definition) is 8. The van der Waals surface area contributed by atoms with E-state index >= 15 is 0 Å². The fourth-order valence-corrected chi connectivity index (χ4v) is 7.15. The van der Waals surface area contributed by atoms with Gasteiger partial charge in [0, 0.05) is 10.0 Å². The number of halogens is 2. The van der Waals surface area contributed by atoms with Crippen LogP contribution in [0.3, 0.4) is 0 Å². The van der Waals surface area contributed by atoms with Gasteiger partial charge in [0.15, 0.2) is 16.3 Å². The van der Waals surface area contributed by atoms with Crippen molar-refractivity contribution in [2.45, 2.75) is 39.3 Å². The van der Waals surface area contributed by atoms with E-state index in [0.717, 1.165) is 22.0 Å². The lowest BCUT2D eigenvalue weighted by molar-refractivity contribution is -0.139. The minimum absolute atomic E-state index is 0.191. The molecule has 0 aliphatic carbocycles. The van der Waals surface area contributed by atoms with Crippen molar-refractivity contribution >= 4 is 55.2 Å². The van der Waals surface area contributed by atoms with Crippen molar-refractivity contribution in [2.24, 2.45) is 4.99 Å². The molecule has 8 nitrogen and oxygen atoms in total. The molecule has 0 N–H and O–H groups in total. The zero-order valence-electron chi connectivity index (χ0n) is 25.3. The third-order valence-corrected chi connectivity index (χ3v) is 9.22. The van der Waals surface area contributed by atoms with E-state index in [9.17, 15) is 9.59 Å². The Kier molecular flexibility index (Phi) is 10.6. The van der Waals surface area contributed by atoms with E-state index in [1.54, 1.807) is 31.8 Å². The molecular formula is C34H32Br2N2O6S. The Balaban J connectivity index is 1.66. The van der Waals surface area contributed by atoms with Gasteiger partial charge in [-0.25, -0.2) is 9.79 Å². The Morgan fingerprint density at radius 3 is 2.47 bits per heavy atom. The van der Waals surface area contributed by atoms with Crippen LogP contribution in [0.5, 0.6) is 17.2 Å². The summed E-state index contributed by atoms with van der Waals surface area (Å²) < 4.78 is 26.5. The summed E-state index contributed by atoms with van der Waals surface area (Å²) in [6.45, 7) is 4.34. The first kappa shape index (κ1) is 32.7. The summed E-state index contributed by atoms with van der Waals surface area (Å²) in [6, 6.07) is 18.3. The van der Waals surface area contributed by atoms with Gasteiger partial charge in [-0.2, -0.15) is 0 Å². The highest BCUT2D eigenvalue weighted by molar-refractivity contribution is 9.10. The van der Waals surface area contributed by atoms with Gasteiger partial charge in [-0.15, -0.1) is 0 Å². The molecule has 0 unspecified atom stereocenters. The second-order valence-electron chi connectivity index (χ2n) is 10.1. The molecule has 3 aromatic carbocycles. The van der Waals surface area contributed by atoms with Gasteiger partial charge < -0.3 is 18.9 Å². The lowest BCUT2D eigenvalue weighted by atomic mass is 9.93. The van der Waals surface area contributed by atoms with Gasteiger partial charge in [-0.05, 0) is 76.8 Å². The van der Waals surface area contributed by atoms with Crippen LogP contribution in [0, 0.1) is 0 Å². The Morgan fingerprint density at radius 1 is 1.02 bits per heavy atom. The number of aromatic nitrogens is 1. The summed E-state index contributed by atoms with van der Waals surface area (Å²) in [7, 11) is 3.14. The largest absolute Gasteiger partial charge is 0.496 e. The molecule has 0 saturated carbocycles. The Hall–Kier alpha value is -3.67. The van der Waals surface area contributed by atoms with Gasteiger partial charge in [-0.1, -0.05) is 70.9 Å². The molecule has 2 heterocycles. The lowest BCUT2D eigenvalue weighted by Crippen LogP contribution is -2.40. The molecule has 0 spiro atoms. The van der Waals surface area contributed by atoms with Crippen molar-refractivity contribution in [3.05, 3.63) is 117 Å². The van der Waals surface area contributed by atoms with Crippen LogP contribution in [0.15, 0.2) is 90.7 Å². The molecule has 0 radical (unpaired) electrons. The van der Waals surface area contributed by atoms with Crippen molar-refractivity contribution < 1.29 is 23.7 Å². The second-order valence-corrected chi connectivity index (χ2v) is 12.9. The quantitative estimate of drug-likeness (QED) is 0.159. The molecule has 0 fully saturated rings. The number of carbonyl (C=O) groups excluding carboxylic acids is 1. The molecule has 234 valence electrons. The highest BCUT2D eigenvalue weighted by Gasteiger charge is 2.36. The number of benzene rings is 3. The van der Waals surface area contributed by atoms with Crippen molar-refractivity contribution in [1.29, 1.82) is 0 Å². The SMILES string of the molecule is CCCC1=C(C(=O)OCC)[C@H](c2cc(Br)ccc2OC)n2c(s/c(=C/c3cc(Br)c(OCc4ccccc4)c(OC)c3)c2=O)=N1. The summed E-state index contributed by atoms with van der Waals surface area (Å²) in [5.41, 5.74) is 3.04. The van der Waals surface area contributed by atoms with Crippen LogP contribution in [0.2, 0.25) is 0 Å². The number of fused-ring (bicyclic) bond motifs is 1. The first-order chi connectivity index (χ1) is 21.8. The number of nitrogens with zero attached hydrogens (tertiary/aromatic N) is 2. The molecule has 4 aromatic rings. The minimum atomic E-state index is -0.800. The van der Waals surface area contributed by atoms with Gasteiger partial charge in [-0.3, -0.25) is 9.36 Å². The van der Waals surface area contributed by atoms with E-state index in [1.807, 2.05) is 67.6 Å². The predicted molar refractivity (Wildman–Crippen MR) is 182 cm³/mol. The minimum Gasteiger partial charge on any atom is -0.496 e. The molecule has 1 aliphatic heterocycles. The summed E-state index contributed by atoms with van der Waals surface area (Å²) in [4.78, 5) is 33.1. The van der Waals surface area contributed by atoms with Crippen molar-refractivity contribution in [1.82, 2.24) is 4.57 Å². The van der Waals surface area contributed by atoms with E-state index in [0.29, 0.717) is 60.9 Å². The molecule has 1 aromatic heterocycles. The second kappa shape index (κ2) is 14.6. The summed E-state index contributed by atoms with van der Waals surface area (Å²) in [6.07, 6.45) is 3.09. The van der Waals surface area contributed by atoms with Crippen LogP contribution in [0.4, 0.5) is 0 Å². The van der Waals surface area contributed by atoms with Crippen LogP contribution in [-0.4, -0.2) is 31.4 Å². The highest BCUT2D eigenvalue weighted by Crippen LogP contribution is 2.39. The number of carbonyl (C=O) groups is 1. The Bertz CT molecular complexity index is 1930. The van der Waals surface area contributed by atoms with Crippen LogP contribution in [0.25, 0.3) is 6.08 Å². The normalized spacial score (nSPS) is 14.5. The van der Waals surface area contributed by atoms with Crippen LogP contribution >= 0.6 is 43.2 Å². The van der Waals surface area contributed by atoms with E-state index < -0.39 is 12.0 Å². The number of esters is 1. The standard InChI is InChI=1S/C34H32Br2N2O6S/c1-5-10-25-29(33(40)43-6-2)30(23-18-22(35)13-14-26(23)41-3)38-32(39)28(45-34(38)37-25)17-21-15-24(36)31(27(16-21)42-4)44-19-20-11-8-7-9-12-20/h7-9,11-18,30H,5-6,10,19H2,1-4H3/b28-17+/t30-/m0/s1. The maximum absolute atomic E-state index is 14.2. The topological polar surface area (TPSA) is 88.4 Å². The van der Waals surface area contributed by atoms with Crippen molar-refractivity contribution in [2.75, 3.05) is 20.8 Å². The number of hydrogen-bond donors (Lipinski definition) is 0. The fourth-order valence-electron chi connectivity index (χ4n) is 5.18. The van der Waals surface area contributed by atoms with Crippen LogP contribution in [0.1, 0.15) is 49.4 Å². The van der Waals surface area contributed by atoms with Crippen molar-refractivity contribution in [3.63, 3.8) is 0 Å². The summed E-state index contributed by atoms with van der Waals surface area (Å²) in [5.74, 6) is 1.11.